The molecule has 6 nitrogen and oxygen atoms in total. The molecule has 1 aliphatic rings. The second-order valence-corrected chi connectivity index (χ2v) is 5.38. The van der Waals surface area contributed by atoms with E-state index >= 15 is 0 Å². The van der Waals surface area contributed by atoms with Gasteiger partial charge in [-0.05, 0) is 20.2 Å². The number of carbonyl (C=O) groups excluding carboxylic acids is 1. The second kappa shape index (κ2) is 6.67. The van der Waals surface area contributed by atoms with E-state index in [1.165, 1.54) is 12.3 Å². The highest BCUT2D eigenvalue weighted by Crippen LogP contribution is 2.07. The van der Waals surface area contributed by atoms with E-state index in [0.717, 1.165) is 39.3 Å². The molecule has 1 amide bonds. The first-order valence-corrected chi connectivity index (χ1v) is 6.91. The van der Waals surface area contributed by atoms with Gasteiger partial charge in [-0.1, -0.05) is 0 Å². The van der Waals surface area contributed by atoms with Crippen molar-refractivity contribution in [1.82, 2.24) is 19.7 Å². The van der Waals surface area contributed by atoms with Crippen LogP contribution in [0.5, 0.6) is 0 Å². The molecule has 1 saturated heterocycles. The predicted molar refractivity (Wildman–Crippen MR) is 78.0 cm³/mol. The van der Waals surface area contributed by atoms with Crippen LogP contribution in [-0.2, 0) is 0 Å². The van der Waals surface area contributed by atoms with Crippen LogP contribution in [0, 0.1) is 0 Å². The zero-order chi connectivity index (χ0) is 14.5. The Bertz CT molecular complexity index is 504. The summed E-state index contributed by atoms with van der Waals surface area (Å²) in [6, 6.07) is 3.02. The summed E-state index contributed by atoms with van der Waals surface area (Å²) in [5, 5.41) is 0. The van der Waals surface area contributed by atoms with E-state index < -0.39 is 0 Å². The van der Waals surface area contributed by atoms with Gasteiger partial charge >= 0.3 is 0 Å². The molecule has 1 aromatic heterocycles. The lowest BCUT2D eigenvalue weighted by atomic mass is 10.2. The summed E-state index contributed by atoms with van der Waals surface area (Å²) in [5.74, 6) is -0.0524. The van der Waals surface area contributed by atoms with Gasteiger partial charge in [0.25, 0.3) is 5.91 Å². The lowest BCUT2D eigenvalue weighted by Gasteiger charge is -2.35. The van der Waals surface area contributed by atoms with Crippen LogP contribution in [0.4, 0.5) is 0 Å². The van der Waals surface area contributed by atoms with Gasteiger partial charge in [-0.15, -0.1) is 0 Å². The van der Waals surface area contributed by atoms with E-state index in [-0.39, 0.29) is 11.5 Å². The van der Waals surface area contributed by atoms with Crippen molar-refractivity contribution in [3.63, 3.8) is 0 Å². The average Bonchev–Trinajstić information content (AvgIpc) is 2.45. The number of H-pyrrole nitrogens is 1. The van der Waals surface area contributed by atoms with Gasteiger partial charge in [-0.3, -0.25) is 14.5 Å². The van der Waals surface area contributed by atoms with Gasteiger partial charge in [0.05, 0.1) is 0 Å². The molecular formula is C14H22N4O2. The number of amides is 1. The smallest absolute Gasteiger partial charge is 0.254 e. The molecule has 0 atom stereocenters. The SMILES string of the molecule is CN(C)CCN1CCN(C(=O)c2cc[nH]c(=O)c2)CC1. The van der Waals surface area contributed by atoms with E-state index in [9.17, 15) is 9.59 Å². The molecule has 20 heavy (non-hydrogen) atoms. The molecule has 0 aromatic carbocycles. The summed E-state index contributed by atoms with van der Waals surface area (Å²) in [6.45, 7) is 5.28. The standard InChI is InChI=1S/C14H22N4O2/c1-16(2)5-6-17-7-9-18(10-8-17)14(20)12-3-4-15-13(19)11-12/h3-4,11H,5-10H2,1-2H3,(H,15,19). The van der Waals surface area contributed by atoms with Crippen LogP contribution in [-0.4, -0.2) is 79.0 Å². The van der Waals surface area contributed by atoms with Gasteiger partial charge in [0.15, 0.2) is 0 Å². The molecule has 0 bridgehead atoms. The maximum absolute atomic E-state index is 12.3. The zero-order valence-corrected chi connectivity index (χ0v) is 12.1. The lowest BCUT2D eigenvalue weighted by molar-refractivity contribution is 0.0629. The molecule has 110 valence electrons. The molecular weight excluding hydrogens is 256 g/mol. The van der Waals surface area contributed by atoms with Gasteiger partial charge in [0.1, 0.15) is 0 Å². The van der Waals surface area contributed by atoms with Crippen LogP contribution in [0.15, 0.2) is 23.1 Å². The number of likely N-dealkylation sites (N-methyl/N-ethyl adjacent to an activating group) is 1. The maximum Gasteiger partial charge on any atom is 0.254 e. The van der Waals surface area contributed by atoms with Crippen molar-refractivity contribution in [3.05, 3.63) is 34.2 Å². The molecule has 1 aliphatic heterocycles. The zero-order valence-electron chi connectivity index (χ0n) is 12.1. The van der Waals surface area contributed by atoms with Crippen molar-refractivity contribution < 1.29 is 4.79 Å². The highest BCUT2D eigenvalue weighted by molar-refractivity contribution is 5.94. The summed E-state index contributed by atoms with van der Waals surface area (Å²) >= 11 is 0. The van der Waals surface area contributed by atoms with Gasteiger partial charge in [0.2, 0.25) is 5.56 Å². The molecule has 0 saturated carbocycles. The van der Waals surface area contributed by atoms with Crippen LogP contribution in [0.2, 0.25) is 0 Å². The molecule has 2 heterocycles. The molecule has 6 heteroatoms. The molecule has 0 unspecified atom stereocenters. The third-order valence-electron chi connectivity index (χ3n) is 3.54. The number of aromatic amines is 1. The van der Waals surface area contributed by atoms with Crippen LogP contribution in [0.1, 0.15) is 10.4 Å². The van der Waals surface area contributed by atoms with E-state index in [0.29, 0.717) is 5.56 Å². The third-order valence-corrected chi connectivity index (χ3v) is 3.54. The Morgan fingerprint density at radius 1 is 1.30 bits per heavy atom. The molecule has 1 aromatic rings. The maximum atomic E-state index is 12.3. The Labute approximate surface area is 119 Å². The van der Waals surface area contributed by atoms with Crippen LogP contribution >= 0.6 is 0 Å². The van der Waals surface area contributed by atoms with E-state index in [2.05, 4.69) is 28.9 Å². The van der Waals surface area contributed by atoms with Crippen molar-refractivity contribution in [2.75, 3.05) is 53.4 Å². The number of rotatable bonds is 4. The summed E-state index contributed by atoms with van der Waals surface area (Å²) < 4.78 is 0. The minimum Gasteiger partial charge on any atom is -0.336 e. The van der Waals surface area contributed by atoms with Crippen molar-refractivity contribution in [2.45, 2.75) is 0 Å². The fourth-order valence-electron chi connectivity index (χ4n) is 2.28. The van der Waals surface area contributed by atoms with Crippen molar-refractivity contribution in [2.24, 2.45) is 0 Å². The molecule has 1 N–H and O–H groups in total. The quantitative estimate of drug-likeness (QED) is 0.821. The minimum atomic E-state index is -0.236. The summed E-state index contributed by atoms with van der Waals surface area (Å²) in [6.07, 6.45) is 1.52. The average molecular weight is 278 g/mol. The Hall–Kier alpha value is -1.66. The Morgan fingerprint density at radius 3 is 2.60 bits per heavy atom. The highest BCUT2D eigenvalue weighted by atomic mass is 16.2. The number of nitrogens with one attached hydrogen (secondary N) is 1. The first-order chi connectivity index (χ1) is 9.56. The summed E-state index contributed by atoms with van der Waals surface area (Å²) in [5.41, 5.74) is 0.232. The fraction of sp³-hybridized carbons (Fsp3) is 0.571. The highest BCUT2D eigenvalue weighted by Gasteiger charge is 2.22. The topological polar surface area (TPSA) is 59.6 Å². The van der Waals surface area contributed by atoms with Gasteiger partial charge in [-0.2, -0.15) is 0 Å². The van der Waals surface area contributed by atoms with Crippen molar-refractivity contribution in [1.29, 1.82) is 0 Å². The summed E-state index contributed by atoms with van der Waals surface area (Å²) in [7, 11) is 4.12. The largest absolute Gasteiger partial charge is 0.336 e. The van der Waals surface area contributed by atoms with Gasteiger partial charge in [0, 0.05) is 57.1 Å². The molecule has 0 radical (unpaired) electrons. The fourth-order valence-corrected chi connectivity index (χ4v) is 2.28. The second-order valence-electron chi connectivity index (χ2n) is 5.38. The Balaban J connectivity index is 1.87. The van der Waals surface area contributed by atoms with Gasteiger partial charge < -0.3 is 14.8 Å². The van der Waals surface area contributed by atoms with Crippen molar-refractivity contribution in [3.8, 4) is 0 Å². The lowest BCUT2D eigenvalue weighted by Crippen LogP contribution is -2.50. The van der Waals surface area contributed by atoms with Crippen LogP contribution in [0.3, 0.4) is 0 Å². The van der Waals surface area contributed by atoms with Crippen LogP contribution < -0.4 is 5.56 Å². The minimum absolute atomic E-state index is 0.0524. The molecule has 2 rings (SSSR count). The molecule has 0 spiro atoms. The first-order valence-electron chi connectivity index (χ1n) is 6.91. The normalized spacial score (nSPS) is 16.6. The van der Waals surface area contributed by atoms with Gasteiger partial charge in [-0.25, -0.2) is 0 Å². The number of hydrogen-bond acceptors (Lipinski definition) is 4. The number of aromatic nitrogens is 1. The number of nitrogens with zero attached hydrogens (tertiary/aromatic N) is 3. The predicted octanol–water partition coefficient (Wildman–Crippen LogP) is -0.306. The number of carbonyl (C=O) groups is 1. The Morgan fingerprint density at radius 2 is 2.00 bits per heavy atom. The number of pyridine rings is 1. The van der Waals surface area contributed by atoms with E-state index in [4.69, 9.17) is 0 Å². The third kappa shape index (κ3) is 3.91. The summed E-state index contributed by atoms with van der Waals surface area (Å²) in [4.78, 5) is 32.4. The van der Waals surface area contributed by atoms with Crippen molar-refractivity contribution >= 4 is 5.91 Å². The van der Waals surface area contributed by atoms with E-state index in [1.54, 1.807) is 6.07 Å². The first kappa shape index (κ1) is 14.7. The number of piperazine rings is 1. The van der Waals surface area contributed by atoms with Crippen LogP contribution in [0.25, 0.3) is 0 Å². The number of hydrogen-bond donors (Lipinski definition) is 1. The molecule has 0 aliphatic carbocycles. The Kier molecular flexibility index (Phi) is 4.92. The molecule has 1 fully saturated rings. The monoisotopic (exact) mass is 278 g/mol. The van der Waals surface area contributed by atoms with E-state index in [1.807, 2.05) is 4.90 Å².